The van der Waals surface area contributed by atoms with E-state index in [1.54, 1.807) is 12.1 Å². The molecule has 6 nitrogen and oxygen atoms in total. The summed E-state index contributed by atoms with van der Waals surface area (Å²) >= 11 is 12.2. The van der Waals surface area contributed by atoms with Crippen molar-refractivity contribution in [3.63, 3.8) is 0 Å². The van der Waals surface area contributed by atoms with Gasteiger partial charge in [0.2, 0.25) is 0 Å². The topological polar surface area (TPSA) is 66.0 Å². The van der Waals surface area contributed by atoms with Crippen LogP contribution in [0.2, 0.25) is 10.0 Å². The van der Waals surface area contributed by atoms with Crippen LogP contribution in [0, 0.1) is 0 Å². The van der Waals surface area contributed by atoms with E-state index in [0.29, 0.717) is 39.3 Å². The van der Waals surface area contributed by atoms with Gasteiger partial charge in [-0.2, -0.15) is 0 Å². The Kier molecular flexibility index (Phi) is 6.22. The van der Waals surface area contributed by atoms with Crippen LogP contribution in [-0.2, 0) is 0 Å². The van der Waals surface area contributed by atoms with Crippen molar-refractivity contribution in [1.82, 2.24) is 0 Å². The number of carbonyl (C=O) groups is 1. The maximum absolute atomic E-state index is 12.6. The second-order valence-electron chi connectivity index (χ2n) is 4.83. The highest BCUT2D eigenvalue weighted by Crippen LogP contribution is 2.38. The van der Waals surface area contributed by atoms with Crippen molar-refractivity contribution in [2.75, 3.05) is 33.8 Å². The number of ether oxygens (including phenoxy) is 4. The summed E-state index contributed by atoms with van der Waals surface area (Å²) in [4.78, 5) is 12.6. The highest BCUT2D eigenvalue weighted by molar-refractivity contribution is 6.33. The first-order chi connectivity index (χ1) is 11.9. The van der Waals surface area contributed by atoms with E-state index in [0.717, 1.165) is 0 Å². The van der Waals surface area contributed by atoms with Crippen LogP contribution in [0.15, 0.2) is 24.3 Å². The van der Waals surface area contributed by atoms with Crippen LogP contribution >= 0.6 is 23.2 Å². The molecule has 2 aromatic rings. The Morgan fingerprint density at radius 2 is 1.44 bits per heavy atom. The van der Waals surface area contributed by atoms with Gasteiger partial charge in [0, 0.05) is 17.7 Å². The number of carbonyl (C=O) groups excluding carboxylic acids is 1. The van der Waals surface area contributed by atoms with E-state index in [2.05, 4.69) is 5.32 Å². The molecule has 0 aliphatic heterocycles. The molecular formula is C17H17Cl2NO5. The summed E-state index contributed by atoms with van der Waals surface area (Å²) in [5.41, 5.74) is 0.693. The highest BCUT2D eigenvalue weighted by atomic mass is 35.5. The lowest BCUT2D eigenvalue weighted by molar-refractivity contribution is 0.102. The molecule has 0 heterocycles. The second kappa shape index (κ2) is 8.18. The van der Waals surface area contributed by atoms with Crippen LogP contribution < -0.4 is 24.3 Å². The average Bonchev–Trinajstić information content (AvgIpc) is 2.61. The van der Waals surface area contributed by atoms with Gasteiger partial charge in [0.25, 0.3) is 5.91 Å². The Bertz CT molecular complexity index is 795. The number of amides is 1. The molecule has 134 valence electrons. The zero-order valence-corrected chi connectivity index (χ0v) is 15.6. The first-order valence-corrected chi connectivity index (χ1v) is 7.85. The molecule has 0 saturated carbocycles. The fraction of sp³-hybridized carbons (Fsp3) is 0.235. The van der Waals surface area contributed by atoms with Crippen molar-refractivity contribution in [2.45, 2.75) is 0 Å². The molecule has 0 spiro atoms. The minimum atomic E-state index is -0.412. The molecule has 0 unspecified atom stereocenters. The highest BCUT2D eigenvalue weighted by Gasteiger charge is 2.18. The number of methoxy groups -OCH3 is 4. The van der Waals surface area contributed by atoms with Gasteiger partial charge >= 0.3 is 0 Å². The van der Waals surface area contributed by atoms with E-state index in [1.807, 2.05) is 0 Å². The van der Waals surface area contributed by atoms with Gasteiger partial charge < -0.3 is 24.3 Å². The molecule has 0 atom stereocenters. The summed E-state index contributed by atoms with van der Waals surface area (Å²) in [6, 6.07) is 6.14. The van der Waals surface area contributed by atoms with E-state index in [9.17, 15) is 4.79 Å². The second-order valence-corrected chi connectivity index (χ2v) is 5.65. The molecule has 0 aromatic heterocycles. The smallest absolute Gasteiger partial charge is 0.255 e. The molecule has 0 bridgehead atoms. The lowest BCUT2D eigenvalue weighted by Crippen LogP contribution is -2.13. The van der Waals surface area contributed by atoms with E-state index in [1.165, 1.54) is 40.6 Å². The number of hydrogen-bond acceptors (Lipinski definition) is 5. The lowest BCUT2D eigenvalue weighted by Gasteiger charge is -2.14. The van der Waals surface area contributed by atoms with Crippen molar-refractivity contribution < 1.29 is 23.7 Å². The Balaban J connectivity index is 2.39. The standard InChI is InChI=1S/C17H17Cl2NO5/c1-22-13-8-12(14(23-2)7-10(13)18)20-17(21)9-5-11(19)16(25-4)15(6-9)24-3/h5-8H,1-4H3,(H,20,21). The van der Waals surface area contributed by atoms with Crippen molar-refractivity contribution in [3.8, 4) is 23.0 Å². The molecular weight excluding hydrogens is 369 g/mol. The molecule has 0 aliphatic carbocycles. The maximum Gasteiger partial charge on any atom is 0.255 e. The van der Waals surface area contributed by atoms with Gasteiger partial charge in [-0.1, -0.05) is 23.2 Å². The normalized spacial score (nSPS) is 10.2. The van der Waals surface area contributed by atoms with Gasteiger partial charge in [-0.25, -0.2) is 0 Å². The van der Waals surface area contributed by atoms with Crippen LogP contribution in [0.3, 0.4) is 0 Å². The third kappa shape index (κ3) is 4.03. The SMILES string of the molecule is COc1cc(NC(=O)c2cc(Cl)c(OC)c(OC)c2)c(OC)cc1Cl. The Hall–Kier alpha value is -2.31. The molecule has 1 amide bonds. The average molecular weight is 386 g/mol. The quantitative estimate of drug-likeness (QED) is 0.803. The fourth-order valence-electron chi connectivity index (χ4n) is 2.20. The predicted molar refractivity (Wildman–Crippen MR) is 97.1 cm³/mol. The minimum Gasteiger partial charge on any atom is -0.495 e. The summed E-state index contributed by atoms with van der Waals surface area (Å²) in [6.07, 6.45) is 0. The van der Waals surface area contributed by atoms with Crippen LogP contribution in [0.1, 0.15) is 10.4 Å². The van der Waals surface area contributed by atoms with Gasteiger partial charge in [0.15, 0.2) is 11.5 Å². The number of rotatable bonds is 6. The molecule has 0 radical (unpaired) electrons. The first kappa shape index (κ1) is 19.0. The van der Waals surface area contributed by atoms with Crippen LogP contribution in [-0.4, -0.2) is 34.3 Å². The molecule has 2 rings (SSSR count). The van der Waals surface area contributed by atoms with E-state index >= 15 is 0 Å². The number of anilines is 1. The van der Waals surface area contributed by atoms with Crippen molar-refractivity contribution in [2.24, 2.45) is 0 Å². The van der Waals surface area contributed by atoms with E-state index < -0.39 is 5.91 Å². The molecule has 2 aromatic carbocycles. The third-order valence-corrected chi connectivity index (χ3v) is 3.99. The number of hydrogen-bond donors (Lipinski definition) is 1. The van der Waals surface area contributed by atoms with E-state index in [-0.39, 0.29) is 5.02 Å². The number of nitrogens with one attached hydrogen (secondary N) is 1. The van der Waals surface area contributed by atoms with Gasteiger partial charge in [-0.15, -0.1) is 0 Å². The lowest BCUT2D eigenvalue weighted by atomic mass is 10.1. The largest absolute Gasteiger partial charge is 0.495 e. The van der Waals surface area contributed by atoms with Crippen molar-refractivity contribution in [1.29, 1.82) is 0 Å². The summed E-state index contributed by atoms with van der Waals surface area (Å²) in [6.45, 7) is 0. The zero-order chi connectivity index (χ0) is 18.6. The molecule has 0 aliphatic rings. The number of halogens is 2. The Morgan fingerprint density at radius 1 is 0.800 bits per heavy atom. The minimum absolute atomic E-state index is 0.257. The van der Waals surface area contributed by atoms with Crippen molar-refractivity contribution >= 4 is 34.8 Å². The van der Waals surface area contributed by atoms with Crippen LogP contribution in [0.25, 0.3) is 0 Å². The fourth-order valence-corrected chi connectivity index (χ4v) is 2.72. The van der Waals surface area contributed by atoms with Crippen molar-refractivity contribution in [3.05, 3.63) is 39.9 Å². The van der Waals surface area contributed by atoms with E-state index in [4.69, 9.17) is 42.1 Å². The monoisotopic (exact) mass is 385 g/mol. The van der Waals surface area contributed by atoms with Gasteiger partial charge in [-0.3, -0.25) is 4.79 Å². The summed E-state index contributed by atoms with van der Waals surface area (Å²) < 4.78 is 20.8. The van der Waals surface area contributed by atoms with Crippen LogP contribution in [0.5, 0.6) is 23.0 Å². The predicted octanol–water partition coefficient (Wildman–Crippen LogP) is 4.28. The first-order valence-electron chi connectivity index (χ1n) is 7.09. The molecule has 8 heteroatoms. The Labute approximate surface area is 155 Å². The summed E-state index contributed by atoms with van der Waals surface area (Å²) in [7, 11) is 5.88. The zero-order valence-electron chi connectivity index (χ0n) is 14.1. The maximum atomic E-state index is 12.6. The molecule has 1 N–H and O–H groups in total. The molecule has 0 saturated heterocycles. The van der Waals surface area contributed by atoms with Gasteiger partial charge in [0.1, 0.15) is 11.5 Å². The molecule has 25 heavy (non-hydrogen) atoms. The van der Waals surface area contributed by atoms with Gasteiger partial charge in [-0.05, 0) is 12.1 Å². The third-order valence-electron chi connectivity index (χ3n) is 3.42. The molecule has 0 fully saturated rings. The number of benzene rings is 2. The van der Waals surface area contributed by atoms with Gasteiger partial charge in [0.05, 0.1) is 44.2 Å². The van der Waals surface area contributed by atoms with Crippen LogP contribution in [0.4, 0.5) is 5.69 Å². The summed E-state index contributed by atoms with van der Waals surface area (Å²) in [5, 5.41) is 3.36. The Morgan fingerprint density at radius 3 is 2.00 bits per heavy atom. The summed E-state index contributed by atoms with van der Waals surface area (Å²) in [5.74, 6) is 1.09.